The van der Waals surface area contributed by atoms with E-state index >= 15 is 0 Å². The normalized spacial score (nSPS) is 11.9. The van der Waals surface area contributed by atoms with Crippen LogP contribution in [0.4, 0.5) is 0 Å². The Morgan fingerprint density at radius 1 is 0.304 bits per heavy atom. The van der Waals surface area contributed by atoms with Gasteiger partial charge in [0, 0.05) is 38.4 Å². The molecule has 0 unspecified atom stereocenters. The summed E-state index contributed by atoms with van der Waals surface area (Å²) in [6.45, 7) is 0. The quantitative estimate of drug-likeness (QED) is 0.167. The fourth-order valence-corrected chi connectivity index (χ4v) is 8.87. The van der Waals surface area contributed by atoms with Crippen LogP contribution in [0.15, 0.2) is 194 Å². The number of aromatic nitrogens is 4. The lowest BCUT2D eigenvalue weighted by Crippen LogP contribution is -2.03. The minimum atomic E-state index is 0.649. The molecule has 0 amide bonds. The van der Waals surface area contributed by atoms with Crippen LogP contribution in [0.5, 0.6) is 0 Å². The molecule has 4 nitrogen and oxygen atoms in total. The van der Waals surface area contributed by atoms with Gasteiger partial charge in [0.15, 0.2) is 0 Å². The highest BCUT2D eigenvalue weighted by molar-refractivity contribution is 6.25. The van der Waals surface area contributed by atoms with Crippen molar-refractivity contribution in [3.8, 4) is 45.3 Å². The summed E-state index contributed by atoms with van der Waals surface area (Å²) in [7, 11) is 0. The standard InChI is InChI=1S/C52H32N4/c1-3-13-34(14-4-1)44-32-45(35-15-5-2-6-16-35)54-52(53-44)56-46-20-10-9-19-42(46)43-30-38(25-27-47(43)56)40-28-39-23-22-36-18-11-21-48-50(36)51(39)49(31-40)55(48)41-26-24-33-12-7-8-17-37(33)29-41/h1-32H. The second-order valence-corrected chi connectivity index (χ2v) is 14.7. The molecular formula is C52H32N4. The Morgan fingerprint density at radius 3 is 1.73 bits per heavy atom. The largest absolute Gasteiger partial charge is 0.309 e. The molecule has 0 saturated carbocycles. The van der Waals surface area contributed by atoms with Crippen molar-refractivity contribution in [2.45, 2.75) is 0 Å². The topological polar surface area (TPSA) is 35.6 Å². The van der Waals surface area contributed by atoms with E-state index in [1.165, 1.54) is 48.9 Å². The number of para-hydroxylation sites is 1. The average Bonchev–Trinajstić information content (AvgIpc) is 3.79. The predicted molar refractivity (Wildman–Crippen MR) is 233 cm³/mol. The van der Waals surface area contributed by atoms with E-state index < -0.39 is 0 Å². The van der Waals surface area contributed by atoms with Crippen LogP contribution in [-0.4, -0.2) is 19.1 Å². The highest BCUT2D eigenvalue weighted by Crippen LogP contribution is 2.43. The van der Waals surface area contributed by atoms with Crippen LogP contribution in [0.3, 0.4) is 0 Å². The van der Waals surface area contributed by atoms with Gasteiger partial charge in [-0.2, -0.15) is 0 Å². The molecule has 12 aromatic rings. The van der Waals surface area contributed by atoms with Gasteiger partial charge >= 0.3 is 0 Å². The van der Waals surface area contributed by atoms with Crippen LogP contribution in [0.2, 0.25) is 0 Å². The lowest BCUT2D eigenvalue weighted by atomic mass is 9.96. The number of nitrogens with zero attached hydrogens (tertiary/aromatic N) is 4. The minimum absolute atomic E-state index is 0.649. The van der Waals surface area contributed by atoms with Gasteiger partial charge in [0.1, 0.15) is 0 Å². The van der Waals surface area contributed by atoms with Gasteiger partial charge in [-0.15, -0.1) is 0 Å². The van der Waals surface area contributed by atoms with Crippen molar-refractivity contribution in [3.05, 3.63) is 194 Å². The third kappa shape index (κ3) is 4.66. The van der Waals surface area contributed by atoms with Gasteiger partial charge in [-0.3, -0.25) is 4.57 Å². The second-order valence-electron chi connectivity index (χ2n) is 14.7. The number of hydrogen-bond acceptors (Lipinski definition) is 2. The second kappa shape index (κ2) is 12.0. The summed E-state index contributed by atoms with van der Waals surface area (Å²) in [6, 6.07) is 69.7. The fourth-order valence-electron chi connectivity index (χ4n) is 8.87. The first-order chi connectivity index (χ1) is 27.7. The molecule has 0 N–H and O–H groups in total. The van der Waals surface area contributed by atoms with Crippen molar-refractivity contribution < 1.29 is 0 Å². The molecule has 56 heavy (non-hydrogen) atoms. The minimum Gasteiger partial charge on any atom is -0.309 e. The van der Waals surface area contributed by atoms with Crippen molar-refractivity contribution in [3.63, 3.8) is 0 Å². The smallest absolute Gasteiger partial charge is 0.235 e. The van der Waals surface area contributed by atoms with E-state index in [2.05, 4.69) is 191 Å². The van der Waals surface area contributed by atoms with E-state index in [-0.39, 0.29) is 0 Å². The van der Waals surface area contributed by atoms with Crippen LogP contribution < -0.4 is 0 Å². The maximum Gasteiger partial charge on any atom is 0.235 e. The molecule has 9 aromatic carbocycles. The third-order valence-electron chi connectivity index (χ3n) is 11.4. The van der Waals surface area contributed by atoms with Crippen LogP contribution in [0.1, 0.15) is 0 Å². The molecule has 0 radical (unpaired) electrons. The Balaban J connectivity index is 1.08. The summed E-state index contributed by atoms with van der Waals surface area (Å²) in [4.78, 5) is 10.5. The zero-order chi connectivity index (χ0) is 36.7. The molecule has 0 aliphatic carbocycles. The highest BCUT2D eigenvalue weighted by Gasteiger charge is 2.20. The van der Waals surface area contributed by atoms with E-state index in [4.69, 9.17) is 9.97 Å². The number of rotatable bonds is 5. The Morgan fingerprint density at radius 2 is 0.929 bits per heavy atom. The number of hydrogen-bond donors (Lipinski definition) is 0. The molecule has 260 valence electrons. The number of fused-ring (bicyclic) bond motifs is 4. The SMILES string of the molecule is c1ccc(-c2cc(-c3ccccc3)nc(-n3c4ccccc4c4cc(-c5cc6ccc7cccc8c7c6c(c5)n8-c5ccc6ccccc6c5)ccc43)n2)cc1. The highest BCUT2D eigenvalue weighted by atomic mass is 15.2. The van der Waals surface area contributed by atoms with Gasteiger partial charge in [-0.05, 0) is 87.3 Å². The lowest BCUT2D eigenvalue weighted by molar-refractivity contribution is 0.995. The molecular weight excluding hydrogens is 681 g/mol. The third-order valence-corrected chi connectivity index (χ3v) is 11.4. The zero-order valence-corrected chi connectivity index (χ0v) is 30.3. The van der Waals surface area contributed by atoms with Gasteiger partial charge in [0.2, 0.25) is 5.95 Å². The van der Waals surface area contributed by atoms with Gasteiger partial charge in [0.05, 0.1) is 33.5 Å². The summed E-state index contributed by atoms with van der Waals surface area (Å²) < 4.78 is 4.68. The first-order valence-electron chi connectivity index (χ1n) is 19.1. The van der Waals surface area contributed by atoms with E-state index in [0.29, 0.717) is 5.95 Å². The molecule has 0 spiro atoms. The van der Waals surface area contributed by atoms with Crippen LogP contribution in [0, 0.1) is 0 Å². The van der Waals surface area contributed by atoms with Crippen molar-refractivity contribution in [2.75, 3.05) is 0 Å². The molecule has 0 fully saturated rings. The summed E-state index contributed by atoms with van der Waals surface area (Å²) >= 11 is 0. The van der Waals surface area contributed by atoms with Crippen LogP contribution >= 0.6 is 0 Å². The Hall–Kier alpha value is -7.56. The average molecular weight is 713 g/mol. The van der Waals surface area contributed by atoms with E-state index in [1.54, 1.807) is 0 Å². The molecule has 0 aliphatic heterocycles. The zero-order valence-electron chi connectivity index (χ0n) is 30.3. The van der Waals surface area contributed by atoms with Crippen LogP contribution in [0.25, 0.3) is 110 Å². The Labute approximate surface area is 322 Å². The van der Waals surface area contributed by atoms with Gasteiger partial charge in [0.25, 0.3) is 0 Å². The molecule has 0 atom stereocenters. The molecule has 4 heteroatoms. The molecule has 3 aromatic heterocycles. The molecule has 0 bridgehead atoms. The summed E-state index contributed by atoms with van der Waals surface area (Å²) in [5.74, 6) is 0.649. The van der Waals surface area contributed by atoms with Crippen molar-refractivity contribution in [1.82, 2.24) is 19.1 Å². The summed E-state index contributed by atoms with van der Waals surface area (Å²) in [6.07, 6.45) is 0. The van der Waals surface area contributed by atoms with Gasteiger partial charge < -0.3 is 4.57 Å². The number of benzene rings is 9. The maximum atomic E-state index is 5.23. The maximum absolute atomic E-state index is 5.23. The Bertz CT molecular complexity index is 3410. The Kier molecular flexibility index (Phi) is 6.60. The lowest BCUT2D eigenvalue weighted by Gasteiger charge is -2.12. The van der Waals surface area contributed by atoms with Crippen molar-refractivity contribution >= 4 is 65.2 Å². The van der Waals surface area contributed by atoms with Crippen LogP contribution in [-0.2, 0) is 0 Å². The van der Waals surface area contributed by atoms with E-state index in [0.717, 1.165) is 55.6 Å². The first-order valence-corrected chi connectivity index (χ1v) is 19.1. The molecule has 12 rings (SSSR count). The van der Waals surface area contributed by atoms with Gasteiger partial charge in [-0.25, -0.2) is 9.97 Å². The monoisotopic (exact) mass is 712 g/mol. The fraction of sp³-hybridized carbons (Fsp3) is 0. The van der Waals surface area contributed by atoms with E-state index in [9.17, 15) is 0 Å². The first kappa shape index (κ1) is 30.9. The van der Waals surface area contributed by atoms with Crippen molar-refractivity contribution in [1.29, 1.82) is 0 Å². The molecule has 0 saturated heterocycles. The predicted octanol–water partition coefficient (Wildman–Crippen LogP) is 13.4. The van der Waals surface area contributed by atoms with E-state index in [1.807, 2.05) is 12.1 Å². The van der Waals surface area contributed by atoms with Gasteiger partial charge in [-0.1, -0.05) is 140 Å². The van der Waals surface area contributed by atoms with Crippen molar-refractivity contribution in [2.24, 2.45) is 0 Å². The summed E-state index contributed by atoms with van der Waals surface area (Å²) in [5.41, 5.74) is 12.0. The molecule has 0 aliphatic rings. The molecule has 3 heterocycles. The summed E-state index contributed by atoms with van der Waals surface area (Å²) in [5, 5.41) is 9.91.